The molecule has 1 N–H and O–H groups in total. The molecule has 1 aromatic carbocycles. The molecule has 0 bridgehead atoms. The zero-order valence-electron chi connectivity index (χ0n) is 17.9. The van der Waals surface area contributed by atoms with Gasteiger partial charge in [-0.15, -0.1) is 10.2 Å². The van der Waals surface area contributed by atoms with Gasteiger partial charge in [0.25, 0.3) is 5.91 Å². The Kier molecular flexibility index (Phi) is 4.46. The van der Waals surface area contributed by atoms with Crippen LogP contribution in [0, 0.1) is 11.8 Å². The lowest BCUT2D eigenvalue weighted by molar-refractivity contribution is 0.102. The molecular weight excluding hydrogens is 422 g/mol. The van der Waals surface area contributed by atoms with E-state index in [1.54, 1.807) is 23.7 Å². The molecule has 1 amide bonds. The Morgan fingerprint density at radius 3 is 2.81 bits per heavy atom. The van der Waals surface area contributed by atoms with Crippen molar-refractivity contribution in [2.24, 2.45) is 11.8 Å². The van der Waals surface area contributed by atoms with Crippen molar-refractivity contribution in [2.75, 3.05) is 23.3 Å². The topological polar surface area (TPSA) is 88.8 Å². The quantitative estimate of drug-likeness (QED) is 0.494. The number of nitrogens with one attached hydrogen (secondary N) is 1. The van der Waals surface area contributed by atoms with E-state index in [1.807, 2.05) is 34.9 Å². The number of pyridine rings is 1. The summed E-state index contributed by atoms with van der Waals surface area (Å²) in [5.74, 6) is 2.68. The summed E-state index contributed by atoms with van der Waals surface area (Å²) in [5, 5.41) is 12.2. The second-order valence-electron chi connectivity index (χ2n) is 8.86. The van der Waals surface area contributed by atoms with Crippen LogP contribution in [0.15, 0.2) is 42.7 Å². The highest BCUT2D eigenvalue weighted by atomic mass is 32.1. The number of anilines is 2. The lowest BCUT2D eigenvalue weighted by atomic mass is 10.2. The number of carbonyl (C=O) groups is 1. The van der Waals surface area contributed by atoms with Crippen molar-refractivity contribution in [1.29, 1.82) is 0 Å². The molecule has 1 saturated carbocycles. The molecular formula is C23H23N7OS. The fraction of sp³-hybridized carbons (Fsp3) is 0.348. The predicted octanol–water partition coefficient (Wildman–Crippen LogP) is 4.24. The van der Waals surface area contributed by atoms with Gasteiger partial charge in [-0.1, -0.05) is 17.4 Å². The maximum Gasteiger partial charge on any atom is 0.256 e. The van der Waals surface area contributed by atoms with E-state index in [0.717, 1.165) is 40.3 Å². The van der Waals surface area contributed by atoms with E-state index in [1.165, 1.54) is 6.42 Å². The summed E-state index contributed by atoms with van der Waals surface area (Å²) in [6.07, 6.45) is 3.06. The van der Waals surface area contributed by atoms with E-state index in [0.29, 0.717) is 22.9 Å². The third-order valence-electron chi connectivity index (χ3n) is 6.24. The van der Waals surface area contributed by atoms with Crippen molar-refractivity contribution >= 4 is 38.4 Å². The molecule has 2 unspecified atom stereocenters. The Hall–Kier alpha value is -3.33. The molecule has 1 aliphatic heterocycles. The van der Waals surface area contributed by atoms with Crippen molar-refractivity contribution in [1.82, 2.24) is 24.7 Å². The molecule has 4 heterocycles. The van der Waals surface area contributed by atoms with E-state index in [2.05, 4.69) is 39.2 Å². The molecule has 0 spiro atoms. The summed E-state index contributed by atoms with van der Waals surface area (Å²) in [6, 6.07) is 11.4. The van der Waals surface area contributed by atoms with Crippen LogP contribution in [-0.2, 0) is 0 Å². The molecule has 4 aromatic rings. The highest BCUT2D eigenvalue weighted by molar-refractivity contribution is 7.22. The van der Waals surface area contributed by atoms with Gasteiger partial charge in [0.2, 0.25) is 0 Å². The fourth-order valence-corrected chi connectivity index (χ4v) is 5.39. The van der Waals surface area contributed by atoms with Gasteiger partial charge in [0, 0.05) is 24.7 Å². The minimum atomic E-state index is -0.195. The SMILES string of the molecule is CC(C)n1cnnc1-c1cccc(NC(=O)c2ccc3nc(N4CC5CC5C4)sc3c2)n1. The van der Waals surface area contributed by atoms with E-state index in [-0.39, 0.29) is 11.9 Å². The van der Waals surface area contributed by atoms with E-state index in [9.17, 15) is 4.79 Å². The average Bonchev–Trinajstić information content (AvgIpc) is 3.22. The number of nitrogens with zero attached hydrogens (tertiary/aromatic N) is 6. The van der Waals surface area contributed by atoms with Crippen LogP contribution in [0.5, 0.6) is 0 Å². The second kappa shape index (κ2) is 7.37. The van der Waals surface area contributed by atoms with Crippen LogP contribution in [0.2, 0.25) is 0 Å². The third kappa shape index (κ3) is 3.42. The van der Waals surface area contributed by atoms with Crippen molar-refractivity contribution in [3.05, 3.63) is 48.3 Å². The first-order valence-electron chi connectivity index (χ1n) is 10.9. The average molecular weight is 446 g/mol. The molecule has 2 atom stereocenters. The van der Waals surface area contributed by atoms with Crippen LogP contribution in [0.25, 0.3) is 21.7 Å². The lowest BCUT2D eigenvalue weighted by Crippen LogP contribution is -2.21. The Balaban J connectivity index is 1.22. The molecule has 8 nitrogen and oxygen atoms in total. The summed E-state index contributed by atoms with van der Waals surface area (Å²) >= 11 is 1.66. The van der Waals surface area contributed by atoms with Crippen LogP contribution in [-0.4, -0.2) is 43.7 Å². The maximum atomic E-state index is 12.9. The Morgan fingerprint density at radius 2 is 2.00 bits per heavy atom. The predicted molar refractivity (Wildman–Crippen MR) is 125 cm³/mol. The van der Waals surface area contributed by atoms with Gasteiger partial charge >= 0.3 is 0 Å². The number of carbonyl (C=O) groups excluding carboxylic acids is 1. The summed E-state index contributed by atoms with van der Waals surface area (Å²) in [6.45, 7) is 6.35. The maximum absolute atomic E-state index is 12.9. The number of piperidine rings is 1. The van der Waals surface area contributed by atoms with Crippen LogP contribution in [0.4, 0.5) is 10.9 Å². The molecule has 9 heteroatoms. The highest BCUT2D eigenvalue weighted by Crippen LogP contribution is 2.47. The molecule has 1 saturated heterocycles. The zero-order chi connectivity index (χ0) is 21.8. The third-order valence-corrected chi connectivity index (χ3v) is 7.32. The summed E-state index contributed by atoms with van der Waals surface area (Å²) in [4.78, 5) is 24.7. The fourth-order valence-electron chi connectivity index (χ4n) is 4.36. The van der Waals surface area contributed by atoms with Crippen molar-refractivity contribution in [2.45, 2.75) is 26.3 Å². The number of hydrogen-bond acceptors (Lipinski definition) is 7. The number of benzene rings is 1. The number of hydrogen-bond donors (Lipinski definition) is 1. The molecule has 162 valence electrons. The van der Waals surface area contributed by atoms with Gasteiger partial charge in [0.1, 0.15) is 17.8 Å². The molecule has 2 fully saturated rings. The van der Waals surface area contributed by atoms with Gasteiger partial charge in [0.05, 0.1) is 10.2 Å². The van der Waals surface area contributed by atoms with Crippen molar-refractivity contribution in [3.8, 4) is 11.5 Å². The molecule has 3 aromatic heterocycles. The molecule has 32 heavy (non-hydrogen) atoms. The Bertz CT molecular complexity index is 1320. The van der Waals surface area contributed by atoms with Gasteiger partial charge < -0.3 is 14.8 Å². The number of thiazole rings is 1. The van der Waals surface area contributed by atoms with Crippen LogP contribution in [0.3, 0.4) is 0 Å². The van der Waals surface area contributed by atoms with E-state index < -0.39 is 0 Å². The van der Waals surface area contributed by atoms with Crippen molar-refractivity contribution in [3.63, 3.8) is 0 Å². The van der Waals surface area contributed by atoms with Gasteiger partial charge in [-0.3, -0.25) is 4.79 Å². The van der Waals surface area contributed by atoms with Gasteiger partial charge in [-0.25, -0.2) is 9.97 Å². The zero-order valence-corrected chi connectivity index (χ0v) is 18.7. The summed E-state index contributed by atoms with van der Waals surface area (Å²) in [5.41, 5.74) is 2.20. The Morgan fingerprint density at radius 1 is 1.16 bits per heavy atom. The number of rotatable bonds is 5. The van der Waals surface area contributed by atoms with E-state index in [4.69, 9.17) is 4.98 Å². The smallest absolute Gasteiger partial charge is 0.256 e. The van der Waals surface area contributed by atoms with Gasteiger partial charge in [0.15, 0.2) is 11.0 Å². The Labute approximate surface area is 189 Å². The normalized spacial score (nSPS) is 19.5. The minimum Gasteiger partial charge on any atom is -0.347 e. The highest BCUT2D eigenvalue weighted by Gasteiger charge is 2.45. The first kappa shape index (κ1) is 19.4. The molecule has 6 rings (SSSR count). The molecule has 0 radical (unpaired) electrons. The monoisotopic (exact) mass is 445 g/mol. The minimum absolute atomic E-state index is 0.195. The molecule has 1 aliphatic carbocycles. The first-order valence-corrected chi connectivity index (χ1v) is 11.7. The standard InChI is InChI=1S/C23H23N7OS/c1-13(2)30-12-24-28-21(30)18-4-3-5-20(25-18)27-22(31)14-6-7-17-19(9-14)32-23(26-17)29-10-15-8-16(15)11-29/h3-7,9,12-13,15-16H,8,10-11H2,1-2H3,(H,25,27,31). The summed E-state index contributed by atoms with van der Waals surface area (Å²) in [7, 11) is 0. The van der Waals surface area contributed by atoms with Crippen molar-refractivity contribution < 1.29 is 4.79 Å². The first-order chi connectivity index (χ1) is 15.5. The van der Waals surface area contributed by atoms with Gasteiger partial charge in [-0.05, 0) is 62.4 Å². The second-order valence-corrected chi connectivity index (χ2v) is 9.87. The number of aromatic nitrogens is 5. The van der Waals surface area contributed by atoms with E-state index >= 15 is 0 Å². The number of fused-ring (bicyclic) bond motifs is 2. The summed E-state index contributed by atoms with van der Waals surface area (Å²) < 4.78 is 2.98. The van der Waals surface area contributed by atoms with Crippen LogP contribution in [0.1, 0.15) is 36.7 Å². The molecule has 2 aliphatic rings. The van der Waals surface area contributed by atoms with Crippen LogP contribution < -0.4 is 10.2 Å². The van der Waals surface area contributed by atoms with Crippen LogP contribution >= 0.6 is 11.3 Å². The largest absolute Gasteiger partial charge is 0.347 e. The number of amides is 1. The lowest BCUT2D eigenvalue weighted by Gasteiger charge is -2.15. The van der Waals surface area contributed by atoms with Gasteiger partial charge in [-0.2, -0.15) is 0 Å².